The maximum absolute atomic E-state index is 12.3. The molecule has 1 aromatic carbocycles. The predicted molar refractivity (Wildman–Crippen MR) is 92.3 cm³/mol. The summed E-state index contributed by atoms with van der Waals surface area (Å²) in [5, 5.41) is 6.99. The molecule has 7 heteroatoms. The van der Waals surface area contributed by atoms with Crippen LogP contribution < -0.4 is 10.1 Å². The van der Waals surface area contributed by atoms with E-state index in [2.05, 4.69) is 20.4 Å². The van der Waals surface area contributed by atoms with Crippen LogP contribution in [0.1, 0.15) is 36.2 Å². The summed E-state index contributed by atoms with van der Waals surface area (Å²) in [4.78, 5) is 18.7. The number of nitrogens with zero attached hydrogens (tertiary/aromatic N) is 3. The zero-order valence-corrected chi connectivity index (χ0v) is 14.7. The lowest BCUT2D eigenvalue weighted by atomic mass is 10.1. The molecular formula is C18H24N4O3. The minimum Gasteiger partial charge on any atom is -0.496 e. The molecule has 0 aliphatic carbocycles. The number of hydrogen-bond donors (Lipinski definition) is 1. The Balaban J connectivity index is 1.49. The molecule has 0 spiro atoms. The van der Waals surface area contributed by atoms with Crippen molar-refractivity contribution in [3.05, 3.63) is 41.5 Å². The van der Waals surface area contributed by atoms with Gasteiger partial charge in [0.25, 0.3) is 0 Å². The lowest BCUT2D eigenvalue weighted by Crippen LogP contribution is -2.38. The fourth-order valence-electron chi connectivity index (χ4n) is 3.24. The highest BCUT2D eigenvalue weighted by molar-refractivity contribution is 5.78. The first-order chi connectivity index (χ1) is 12.2. The van der Waals surface area contributed by atoms with E-state index in [0.29, 0.717) is 24.8 Å². The topological polar surface area (TPSA) is 80.5 Å². The SMILES string of the molecule is COc1ccccc1CCNC(=O)CN1CCC[C@H]1c1noc(C)n1. The Bertz CT molecular complexity index is 716. The molecule has 1 fully saturated rings. The van der Waals surface area contributed by atoms with Gasteiger partial charge >= 0.3 is 0 Å². The van der Waals surface area contributed by atoms with E-state index in [1.807, 2.05) is 24.3 Å². The molecule has 7 nitrogen and oxygen atoms in total. The summed E-state index contributed by atoms with van der Waals surface area (Å²) in [6, 6.07) is 7.92. The summed E-state index contributed by atoms with van der Waals surface area (Å²) in [5.41, 5.74) is 1.09. The van der Waals surface area contributed by atoms with Crippen molar-refractivity contribution in [3.63, 3.8) is 0 Å². The second-order valence-electron chi connectivity index (χ2n) is 6.21. The summed E-state index contributed by atoms with van der Waals surface area (Å²) < 4.78 is 10.4. The van der Waals surface area contributed by atoms with E-state index in [1.54, 1.807) is 14.0 Å². The van der Waals surface area contributed by atoms with Gasteiger partial charge in [0.2, 0.25) is 11.8 Å². The van der Waals surface area contributed by atoms with E-state index >= 15 is 0 Å². The summed E-state index contributed by atoms with van der Waals surface area (Å²) >= 11 is 0. The van der Waals surface area contributed by atoms with Gasteiger partial charge in [-0.25, -0.2) is 0 Å². The van der Waals surface area contributed by atoms with Crippen LogP contribution in [0.5, 0.6) is 5.75 Å². The minimum absolute atomic E-state index is 0.0158. The molecule has 134 valence electrons. The minimum atomic E-state index is 0.0158. The standard InChI is InChI=1S/C18H24N4O3/c1-13-20-18(21-25-13)15-7-5-11-22(15)12-17(23)19-10-9-14-6-3-4-8-16(14)24-2/h3-4,6,8,15H,5,7,9-12H2,1-2H3,(H,19,23)/t15-/m0/s1. The first-order valence-corrected chi connectivity index (χ1v) is 8.60. The molecule has 0 radical (unpaired) electrons. The smallest absolute Gasteiger partial charge is 0.234 e. The van der Waals surface area contributed by atoms with Gasteiger partial charge in [0.15, 0.2) is 5.82 Å². The predicted octanol–water partition coefficient (Wildman–Crippen LogP) is 1.88. The Labute approximate surface area is 147 Å². The van der Waals surface area contributed by atoms with E-state index < -0.39 is 0 Å². The molecule has 3 rings (SSSR count). The van der Waals surface area contributed by atoms with Crippen LogP contribution in [0.15, 0.2) is 28.8 Å². The van der Waals surface area contributed by atoms with Crippen LogP contribution in [0, 0.1) is 6.92 Å². The first kappa shape index (κ1) is 17.4. The Morgan fingerprint density at radius 1 is 1.44 bits per heavy atom. The maximum atomic E-state index is 12.3. The molecular weight excluding hydrogens is 320 g/mol. The molecule has 1 amide bonds. The molecule has 0 unspecified atom stereocenters. The van der Waals surface area contributed by atoms with Crippen LogP contribution in [0.4, 0.5) is 0 Å². The second-order valence-corrected chi connectivity index (χ2v) is 6.21. The molecule has 1 aromatic heterocycles. The Hall–Kier alpha value is -2.41. The molecule has 1 aliphatic rings. The van der Waals surface area contributed by atoms with Crippen molar-refractivity contribution in [3.8, 4) is 5.75 Å². The summed E-state index contributed by atoms with van der Waals surface area (Å²) in [6.07, 6.45) is 2.73. The number of likely N-dealkylation sites (tertiary alicyclic amines) is 1. The van der Waals surface area contributed by atoms with E-state index in [0.717, 1.165) is 37.1 Å². The zero-order valence-electron chi connectivity index (χ0n) is 14.7. The zero-order chi connectivity index (χ0) is 17.6. The largest absolute Gasteiger partial charge is 0.496 e. The lowest BCUT2D eigenvalue weighted by molar-refractivity contribution is -0.122. The molecule has 1 saturated heterocycles. The van der Waals surface area contributed by atoms with Gasteiger partial charge in [0, 0.05) is 13.5 Å². The number of nitrogens with one attached hydrogen (secondary N) is 1. The van der Waals surface area contributed by atoms with Crippen molar-refractivity contribution >= 4 is 5.91 Å². The number of para-hydroxylation sites is 1. The van der Waals surface area contributed by atoms with Gasteiger partial charge in [-0.1, -0.05) is 23.4 Å². The monoisotopic (exact) mass is 344 g/mol. The fourth-order valence-corrected chi connectivity index (χ4v) is 3.24. The van der Waals surface area contributed by atoms with Crippen LogP contribution >= 0.6 is 0 Å². The number of benzene rings is 1. The highest BCUT2D eigenvalue weighted by Crippen LogP contribution is 2.29. The summed E-state index contributed by atoms with van der Waals surface area (Å²) in [6.45, 7) is 3.59. The van der Waals surface area contributed by atoms with Crippen LogP contribution in [0.2, 0.25) is 0 Å². The molecule has 0 saturated carbocycles. The third-order valence-corrected chi connectivity index (χ3v) is 4.46. The van der Waals surface area contributed by atoms with E-state index in [4.69, 9.17) is 9.26 Å². The van der Waals surface area contributed by atoms with Crippen LogP contribution in [-0.2, 0) is 11.2 Å². The number of rotatable bonds is 7. The number of carbonyl (C=O) groups is 1. The van der Waals surface area contributed by atoms with Crippen molar-refractivity contribution in [2.75, 3.05) is 26.7 Å². The van der Waals surface area contributed by atoms with Gasteiger partial charge in [0.1, 0.15) is 5.75 Å². The van der Waals surface area contributed by atoms with Gasteiger partial charge in [-0.15, -0.1) is 0 Å². The van der Waals surface area contributed by atoms with Crippen molar-refractivity contribution in [2.45, 2.75) is 32.2 Å². The lowest BCUT2D eigenvalue weighted by Gasteiger charge is -2.21. The first-order valence-electron chi connectivity index (χ1n) is 8.60. The number of aromatic nitrogens is 2. The van der Waals surface area contributed by atoms with Crippen LogP contribution in [0.25, 0.3) is 0 Å². The Kier molecular flexibility index (Phi) is 5.65. The van der Waals surface area contributed by atoms with Gasteiger partial charge in [0.05, 0.1) is 19.7 Å². The highest BCUT2D eigenvalue weighted by Gasteiger charge is 2.30. The number of aryl methyl sites for hydroxylation is 1. The van der Waals surface area contributed by atoms with Gasteiger partial charge in [-0.05, 0) is 37.4 Å². The summed E-state index contributed by atoms with van der Waals surface area (Å²) in [7, 11) is 1.66. The van der Waals surface area contributed by atoms with Gasteiger partial charge < -0.3 is 14.6 Å². The number of amides is 1. The summed E-state index contributed by atoms with van der Waals surface area (Å²) in [5.74, 6) is 2.10. The van der Waals surface area contributed by atoms with Crippen molar-refractivity contribution in [1.29, 1.82) is 0 Å². The highest BCUT2D eigenvalue weighted by atomic mass is 16.5. The van der Waals surface area contributed by atoms with Gasteiger partial charge in [-0.3, -0.25) is 9.69 Å². The van der Waals surface area contributed by atoms with Crippen LogP contribution in [0.3, 0.4) is 0 Å². The third-order valence-electron chi connectivity index (χ3n) is 4.46. The normalized spacial score (nSPS) is 17.6. The molecule has 1 N–H and O–H groups in total. The fraction of sp³-hybridized carbons (Fsp3) is 0.500. The molecule has 0 bridgehead atoms. The average molecular weight is 344 g/mol. The quantitative estimate of drug-likeness (QED) is 0.826. The third kappa shape index (κ3) is 4.36. The van der Waals surface area contributed by atoms with E-state index in [1.165, 1.54) is 0 Å². The van der Waals surface area contributed by atoms with Crippen molar-refractivity contribution in [1.82, 2.24) is 20.4 Å². The van der Waals surface area contributed by atoms with Crippen LogP contribution in [-0.4, -0.2) is 47.7 Å². The molecule has 2 aromatic rings. The molecule has 1 atom stereocenters. The number of hydrogen-bond acceptors (Lipinski definition) is 6. The van der Waals surface area contributed by atoms with E-state index in [9.17, 15) is 4.79 Å². The van der Waals surface area contributed by atoms with Crippen molar-refractivity contribution in [2.24, 2.45) is 0 Å². The molecule has 1 aliphatic heterocycles. The van der Waals surface area contributed by atoms with Crippen molar-refractivity contribution < 1.29 is 14.1 Å². The molecule has 25 heavy (non-hydrogen) atoms. The van der Waals surface area contributed by atoms with Gasteiger partial charge in [-0.2, -0.15) is 4.98 Å². The Morgan fingerprint density at radius 2 is 2.28 bits per heavy atom. The second kappa shape index (κ2) is 8.11. The number of ether oxygens (including phenoxy) is 1. The average Bonchev–Trinajstić information content (AvgIpc) is 3.24. The molecule has 2 heterocycles. The number of methoxy groups -OCH3 is 1. The number of carbonyl (C=O) groups excluding carboxylic acids is 1. The maximum Gasteiger partial charge on any atom is 0.234 e. The van der Waals surface area contributed by atoms with E-state index in [-0.39, 0.29) is 11.9 Å². The Morgan fingerprint density at radius 3 is 3.04 bits per heavy atom.